The highest BCUT2D eigenvalue weighted by molar-refractivity contribution is 5.64. The molecule has 6 heteroatoms. The van der Waals surface area contributed by atoms with E-state index in [9.17, 15) is 4.39 Å². The fraction of sp³-hybridized carbons (Fsp3) is 0.444. The molecular formula is C18H21FN4O. The highest BCUT2D eigenvalue weighted by Gasteiger charge is 2.18. The van der Waals surface area contributed by atoms with Crippen LogP contribution in [0.5, 0.6) is 0 Å². The van der Waals surface area contributed by atoms with Crippen molar-refractivity contribution in [3.63, 3.8) is 0 Å². The summed E-state index contributed by atoms with van der Waals surface area (Å²) in [4.78, 5) is 10.8. The molecule has 1 aliphatic carbocycles. The zero-order valence-electron chi connectivity index (χ0n) is 13.6. The monoisotopic (exact) mass is 328 g/mol. The van der Waals surface area contributed by atoms with E-state index in [4.69, 9.17) is 4.74 Å². The molecule has 0 bridgehead atoms. The van der Waals surface area contributed by atoms with Crippen molar-refractivity contribution < 1.29 is 9.13 Å². The van der Waals surface area contributed by atoms with Crippen molar-refractivity contribution in [1.82, 2.24) is 9.97 Å². The molecule has 2 aliphatic rings. The summed E-state index contributed by atoms with van der Waals surface area (Å²) in [6.45, 7) is 2.74. The molecule has 1 aromatic heterocycles. The van der Waals surface area contributed by atoms with Crippen LogP contribution in [0.15, 0.2) is 24.5 Å². The molecule has 0 radical (unpaired) electrons. The molecule has 0 amide bonds. The Morgan fingerprint density at radius 1 is 1.08 bits per heavy atom. The number of hydrogen-bond donors (Lipinski definition) is 1. The molecule has 1 N–H and O–H groups in total. The highest BCUT2D eigenvalue weighted by atomic mass is 19.1. The first-order valence-electron chi connectivity index (χ1n) is 8.53. The van der Waals surface area contributed by atoms with E-state index in [2.05, 4.69) is 15.3 Å². The molecule has 24 heavy (non-hydrogen) atoms. The van der Waals surface area contributed by atoms with E-state index in [1.165, 1.54) is 12.0 Å². The summed E-state index contributed by atoms with van der Waals surface area (Å²) in [5.74, 6) is 0.586. The number of nitrogens with one attached hydrogen (secondary N) is 1. The average molecular weight is 328 g/mol. The lowest BCUT2D eigenvalue weighted by molar-refractivity contribution is 0.122. The van der Waals surface area contributed by atoms with Crippen LogP contribution in [-0.4, -0.2) is 36.3 Å². The van der Waals surface area contributed by atoms with Crippen LogP contribution in [0.1, 0.15) is 24.1 Å². The Morgan fingerprint density at radius 3 is 2.75 bits per heavy atom. The minimum absolute atomic E-state index is 0.218. The molecule has 1 aliphatic heterocycles. The minimum Gasteiger partial charge on any atom is -0.378 e. The van der Waals surface area contributed by atoms with Gasteiger partial charge in [0.2, 0.25) is 0 Å². The van der Waals surface area contributed by atoms with Gasteiger partial charge < -0.3 is 15.0 Å². The summed E-state index contributed by atoms with van der Waals surface area (Å²) >= 11 is 0. The SMILES string of the molecule is Fc1cc(Nc2ncnc3c2CCCC3)ccc1N1CCOCC1. The van der Waals surface area contributed by atoms with Crippen molar-refractivity contribution in [3.8, 4) is 0 Å². The molecule has 126 valence electrons. The van der Waals surface area contributed by atoms with Crippen molar-refractivity contribution in [1.29, 1.82) is 0 Å². The summed E-state index contributed by atoms with van der Waals surface area (Å²) in [5.41, 5.74) is 3.63. The Labute approximate surface area is 140 Å². The second kappa shape index (κ2) is 6.73. The Bertz CT molecular complexity index is 731. The molecule has 2 heterocycles. The molecule has 2 aromatic rings. The zero-order valence-corrected chi connectivity index (χ0v) is 13.6. The Kier molecular flexibility index (Phi) is 4.30. The molecular weight excluding hydrogens is 307 g/mol. The number of anilines is 3. The quantitative estimate of drug-likeness (QED) is 0.938. The topological polar surface area (TPSA) is 50.3 Å². The minimum atomic E-state index is -0.218. The van der Waals surface area contributed by atoms with Crippen LogP contribution in [0.4, 0.5) is 21.6 Å². The van der Waals surface area contributed by atoms with Gasteiger partial charge in [0, 0.05) is 30.0 Å². The second-order valence-electron chi connectivity index (χ2n) is 6.25. The molecule has 0 atom stereocenters. The number of aromatic nitrogens is 2. The van der Waals surface area contributed by atoms with Crippen molar-refractivity contribution in [2.24, 2.45) is 0 Å². The average Bonchev–Trinajstić information content (AvgIpc) is 2.63. The summed E-state index contributed by atoms with van der Waals surface area (Å²) in [5, 5.41) is 3.27. The molecule has 0 unspecified atom stereocenters. The van der Waals surface area contributed by atoms with Crippen LogP contribution < -0.4 is 10.2 Å². The Morgan fingerprint density at radius 2 is 1.92 bits per heavy atom. The number of aryl methyl sites for hydroxylation is 1. The van der Waals surface area contributed by atoms with Gasteiger partial charge in [0.1, 0.15) is 18.0 Å². The van der Waals surface area contributed by atoms with Gasteiger partial charge in [0.05, 0.1) is 18.9 Å². The summed E-state index contributed by atoms with van der Waals surface area (Å²) in [6, 6.07) is 5.28. The maximum absolute atomic E-state index is 14.5. The number of fused-ring (bicyclic) bond motifs is 1. The fourth-order valence-electron chi connectivity index (χ4n) is 3.41. The highest BCUT2D eigenvalue weighted by Crippen LogP contribution is 2.29. The number of halogens is 1. The van der Waals surface area contributed by atoms with Crippen LogP contribution in [0.2, 0.25) is 0 Å². The van der Waals surface area contributed by atoms with E-state index >= 15 is 0 Å². The van der Waals surface area contributed by atoms with Gasteiger partial charge in [0.25, 0.3) is 0 Å². The van der Waals surface area contributed by atoms with Crippen LogP contribution in [0.3, 0.4) is 0 Å². The summed E-state index contributed by atoms with van der Waals surface area (Å²) in [7, 11) is 0. The van der Waals surface area contributed by atoms with Gasteiger partial charge in [-0.1, -0.05) is 0 Å². The van der Waals surface area contributed by atoms with Crippen molar-refractivity contribution in [2.45, 2.75) is 25.7 Å². The number of benzene rings is 1. The number of rotatable bonds is 3. The second-order valence-corrected chi connectivity index (χ2v) is 6.25. The van der Waals surface area contributed by atoms with E-state index in [-0.39, 0.29) is 5.82 Å². The molecule has 5 nitrogen and oxygen atoms in total. The maximum atomic E-state index is 14.5. The molecule has 1 fully saturated rings. The molecule has 1 aromatic carbocycles. The van der Waals surface area contributed by atoms with Gasteiger partial charge in [-0.3, -0.25) is 0 Å². The van der Waals surface area contributed by atoms with E-state index in [1.807, 2.05) is 17.0 Å². The van der Waals surface area contributed by atoms with Gasteiger partial charge in [-0.25, -0.2) is 14.4 Å². The lowest BCUT2D eigenvalue weighted by Gasteiger charge is -2.29. The normalized spacial score (nSPS) is 17.5. The van der Waals surface area contributed by atoms with Crippen LogP contribution in [0, 0.1) is 5.82 Å². The molecule has 1 saturated heterocycles. The van der Waals surface area contributed by atoms with Crippen LogP contribution in [0.25, 0.3) is 0 Å². The fourth-order valence-corrected chi connectivity index (χ4v) is 3.41. The van der Waals surface area contributed by atoms with E-state index in [1.54, 1.807) is 12.4 Å². The first-order chi connectivity index (χ1) is 11.8. The number of hydrogen-bond acceptors (Lipinski definition) is 5. The molecule has 4 rings (SSSR count). The van der Waals surface area contributed by atoms with E-state index in [0.717, 1.165) is 49.6 Å². The van der Waals surface area contributed by atoms with Crippen molar-refractivity contribution in [3.05, 3.63) is 41.6 Å². The van der Waals surface area contributed by atoms with Gasteiger partial charge in [-0.05, 0) is 43.9 Å². The zero-order chi connectivity index (χ0) is 16.4. The third-order valence-electron chi connectivity index (χ3n) is 4.69. The maximum Gasteiger partial charge on any atom is 0.148 e. The standard InChI is InChI=1S/C18H21FN4O/c19-15-11-13(5-6-17(15)23-7-9-24-10-8-23)22-18-14-3-1-2-4-16(14)20-12-21-18/h5-6,11-12H,1-4,7-10H2,(H,20,21,22). The summed E-state index contributed by atoms with van der Waals surface area (Å²) < 4.78 is 19.8. The lowest BCUT2D eigenvalue weighted by atomic mass is 9.96. The third kappa shape index (κ3) is 3.06. The predicted octanol–water partition coefficient (Wildman–Crippen LogP) is 3.07. The van der Waals surface area contributed by atoms with Crippen LogP contribution >= 0.6 is 0 Å². The van der Waals surface area contributed by atoms with Gasteiger partial charge in [-0.2, -0.15) is 0 Å². The largest absolute Gasteiger partial charge is 0.378 e. The van der Waals surface area contributed by atoms with Crippen LogP contribution in [-0.2, 0) is 17.6 Å². The number of morpholine rings is 1. The Balaban J connectivity index is 1.56. The van der Waals surface area contributed by atoms with Crippen molar-refractivity contribution in [2.75, 3.05) is 36.5 Å². The summed E-state index contributed by atoms with van der Waals surface area (Å²) in [6.07, 6.45) is 5.89. The molecule has 0 spiro atoms. The lowest BCUT2D eigenvalue weighted by Crippen LogP contribution is -2.36. The number of ether oxygens (including phenoxy) is 1. The number of nitrogens with zero attached hydrogens (tertiary/aromatic N) is 3. The van der Waals surface area contributed by atoms with E-state index < -0.39 is 0 Å². The van der Waals surface area contributed by atoms with Gasteiger partial charge in [-0.15, -0.1) is 0 Å². The van der Waals surface area contributed by atoms with Gasteiger partial charge >= 0.3 is 0 Å². The van der Waals surface area contributed by atoms with Crippen molar-refractivity contribution >= 4 is 17.2 Å². The first kappa shape index (κ1) is 15.3. The first-order valence-corrected chi connectivity index (χ1v) is 8.53. The third-order valence-corrected chi connectivity index (χ3v) is 4.69. The predicted molar refractivity (Wildman–Crippen MR) is 91.4 cm³/mol. The van der Waals surface area contributed by atoms with E-state index in [0.29, 0.717) is 18.9 Å². The Hall–Kier alpha value is -2.21. The van der Waals surface area contributed by atoms with Gasteiger partial charge in [0.15, 0.2) is 0 Å². The molecule has 0 saturated carbocycles. The smallest absolute Gasteiger partial charge is 0.148 e.